The number of amides is 3. The summed E-state index contributed by atoms with van der Waals surface area (Å²) in [6.07, 6.45) is 0.628. The molecule has 3 aromatic rings. The normalized spacial score (nSPS) is 10.5. The van der Waals surface area contributed by atoms with Gasteiger partial charge in [0.1, 0.15) is 12.3 Å². The van der Waals surface area contributed by atoms with Gasteiger partial charge in [0.05, 0.1) is 13.7 Å². The zero-order valence-electron chi connectivity index (χ0n) is 19.6. The Kier molecular flexibility index (Phi) is 9.94. The lowest BCUT2D eigenvalue weighted by Crippen LogP contribution is -2.44. The standard InChI is InChI=1S/C26H31N3O4S/c1-32-16-7-15-28(26(31)27-22-11-13-23(33-2)14-12-22)20-25(30)29(19-24-10-6-17-34-24)18-21-8-4-3-5-9-21/h3-6,8-14,17H,7,15-16,18-20H2,1-2H3,(H,27,31). The molecule has 0 spiro atoms. The minimum Gasteiger partial charge on any atom is -0.497 e. The molecule has 8 heteroatoms. The van der Waals surface area contributed by atoms with Gasteiger partial charge in [0.15, 0.2) is 0 Å². The van der Waals surface area contributed by atoms with Gasteiger partial charge in [0.25, 0.3) is 0 Å². The Labute approximate surface area is 204 Å². The largest absolute Gasteiger partial charge is 0.497 e. The molecule has 0 aliphatic rings. The molecule has 0 saturated heterocycles. The second kappa shape index (κ2) is 13.4. The maximum atomic E-state index is 13.4. The van der Waals surface area contributed by atoms with E-state index >= 15 is 0 Å². The Hall–Kier alpha value is -3.36. The topological polar surface area (TPSA) is 71.1 Å². The summed E-state index contributed by atoms with van der Waals surface area (Å²) in [4.78, 5) is 30.9. The van der Waals surface area contributed by atoms with E-state index in [2.05, 4.69) is 5.32 Å². The summed E-state index contributed by atoms with van der Waals surface area (Å²) in [5.74, 6) is 0.592. The van der Waals surface area contributed by atoms with Crippen LogP contribution in [0.1, 0.15) is 16.9 Å². The van der Waals surface area contributed by atoms with Crippen molar-refractivity contribution in [1.29, 1.82) is 0 Å². The highest BCUT2D eigenvalue weighted by Gasteiger charge is 2.22. The van der Waals surface area contributed by atoms with Crippen LogP contribution in [0.5, 0.6) is 5.75 Å². The lowest BCUT2D eigenvalue weighted by atomic mass is 10.2. The molecular weight excluding hydrogens is 450 g/mol. The number of rotatable bonds is 12. The molecule has 34 heavy (non-hydrogen) atoms. The van der Waals surface area contributed by atoms with Crippen molar-refractivity contribution in [2.75, 3.05) is 39.2 Å². The van der Waals surface area contributed by atoms with E-state index in [4.69, 9.17) is 9.47 Å². The molecule has 180 valence electrons. The van der Waals surface area contributed by atoms with Crippen LogP contribution in [0.25, 0.3) is 0 Å². The van der Waals surface area contributed by atoms with Crippen LogP contribution >= 0.6 is 11.3 Å². The lowest BCUT2D eigenvalue weighted by molar-refractivity contribution is -0.133. The molecule has 0 bridgehead atoms. The molecule has 1 N–H and O–H groups in total. The first-order valence-electron chi connectivity index (χ1n) is 11.1. The van der Waals surface area contributed by atoms with Crippen LogP contribution in [0.15, 0.2) is 72.1 Å². The average Bonchev–Trinajstić information content (AvgIpc) is 3.37. The molecule has 1 heterocycles. The summed E-state index contributed by atoms with van der Waals surface area (Å²) < 4.78 is 10.3. The van der Waals surface area contributed by atoms with Gasteiger partial charge in [0, 0.05) is 37.4 Å². The molecule has 3 amide bonds. The molecule has 0 atom stereocenters. The van der Waals surface area contributed by atoms with E-state index in [9.17, 15) is 9.59 Å². The predicted molar refractivity (Wildman–Crippen MR) is 135 cm³/mol. The quantitative estimate of drug-likeness (QED) is 0.375. The van der Waals surface area contributed by atoms with Crippen molar-refractivity contribution < 1.29 is 19.1 Å². The number of methoxy groups -OCH3 is 2. The van der Waals surface area contributed by atoms with Crippen molar-refractivity contribution in [2.45, 2.75) is 19.5 Å². The van der Waals surface area contributed by atoms with E-state index in [0.717, 1.165) is 10.4 Å². The Bertz CT molecular complexity index is 1010. The SMILES string of the molecule is COCCCN(CC(=O)N(Cc1ccccc1)Cc1cccs1)C(=O)Nc1ccc(OC)cc1. The number of hydrogen-bond acceptors (Lipinski definition) is 5. The zero-order chi connectivity index (χ0) is 24.2. The molecular formula is C26H31N3O4S. The number of benzene rings is 2. The zero-order valence-corrected chi connectivity index (χ0v) is 20.4. The van der Waals surface area contributed by atoms with Crippen LogP contribution in [-0.2, 0) is 22.6 Å². The average molecular weight is 482 g/mol. The highest BCUT2D eigenvalue weighted by atomic mass is 32.1. The van der Waals surface area contributed by atoms with Crippen LogP contribution in [0, 0.1) is 0 Å². The van der Waals surface area contributed by atoms with E-state index in [1.807, 2.05) is 47.8 Å². The van der Waals surface area contributed by atoms with Gasteiger partial charge >= 0.3 is 6.03 Å². The second-order valence-corrected chi connectivity index (χ2v) is 8.77. The Morgan fingerprint density at radius 2 is 1.68 bits per heavy atom. The second-order valence-electron chi connectivity index (χ2n) is 7.74. The van der Waals surface area contributed by atoms with Crippen molar-refractivity contribution in [3.8, 4) is 5.75 Å². The van der Waals surface area contributed by atoms with Crippen LogP contribution in [0.4, 0.5) is 10.5 Å². The maximum absolute atomic E-state index is 13.4. The summed E-state index contributed by atoms with van der Waals surface area (Å²) in [6.45, 7) is 1.86. The third-order valence-electron chi connectivity index (χ3n) is 5.23. The Balaban J connectivity index is 1.72. The Morgan fingerprint density at radius 1 is 0.912 bits per heavy atom. The monoisotopic (exact) mass is 481 g/mol. The summed E-state index contributed by atoms with van der Waals surface area (Å²) >= 11 is 1.61. The highest BCUT2D eigenvalue weighted by molar-refractivity contribution is 7.09. The smallest absolute Gasteiger partial charge is 0.322 e. The number of urea groups is 1. The van der Waals surface area contributed by atoms with Gasteiger partial charge < -0.3 is 24.6 Å². The number of carbonyl (C=O) groups excluding carboxylic acids is 2. The van der Waals surface area contributed by atoms with E-state index in [0.29, 0.717) is 44.1 Å². The van der Waals surface area contributed by atoms with Crippen LogP contribution in [0.2, 0.25) is 0 Å². The van der Waals surface area contributed by atoms with E-state index in [1.54, 1.807) is 54.7 Å². The maximum Gasteiger partial charge on any atom is 0.322 e. The van der Waals surface area contributed by atoms with Gasteiger partial charge in [-0.05, 0) is 47.7 Å². The van der Waals surface area contributed by atoms with Crippen LogP contribution in [0.3, 0.4) is 0 Å². The van der Waals surface area contributed by atoms with Gasteiger partial charge in [-0.25, -0.2) is 4.79 Å². The summed E-state index contributed by atoms with van der Waals surface area (Å²) in [6, 6.07) is 20.6. The van der Waals surface area contributed by atoms with Gasteiger partial charge in [-0.3, -0.25) is 4.79 Å². The molecule has 0 aliphatic carbocycles. The molecule has 7 nitrogen and oxygen atoms in total. The molecule has 0 aliphatic heterocycles. The number of anilines is 1. The third kappa shape index (κ3) is 7.90. The first kappa shape index (κ1) is 25.3. The molecule has 2 aromatic carbocycles. The first-order chi connectivity index (χ1) is 16.6. The minimum absolute atomic E-state index is 0.0239. The van der Waals surface area contributed by atoms with Gasteiger partial charge in [-0.2, -0.15) is 0 Å². The van der Waals surface area contributed by atoms with E-state index in [-0.39, 0.29) is 18.5 Å². The molecule has 1 aromatic heterocycles. The number of carbonyl (C=O) groups is 2. The molecule has 0 radical (unpaired) electrons. The van der Waals surface area contributed by atoms with Crippen molar-refractivity contribution in [2.24, 2.45) is 0 Å². The fourth-order valence-electron chi connectivity index (χ4n) is 3.42. The van der Waals surface area contributed by atoms with Gasteiger partial charge in [-0.1, -0.05) is 36.4 Å². The minimum atomic E-state index is -0.328. The predicted octanol–water partition coefficient (Wildman–Crippen LogP) is 4.86. The number of ether oxygens (including phenoxy) is 2. The fourth-order valence-corrected chi connectivity index (χ4v) is 4.14. The number of nitrogens with one attached hydrogen (secondary N) is 1. The van der Waals surface area contributed by atoms with Crippen molar-refractivity contribution in [3.63, 3.8) is 0 Å². The van der Waals surface area contributed by atoms with Crippen molar-refractivity contribution >= 4 is 29.0 Å². The van der Waals surface area contributed by atoms with E-state index < -0.39 is 0 Å². The molecule has 0 fully saturated rings. The van der Waals surface area contributed by atoms with Crippen LogP contribution in [-0.4, -0.2) is 55.7 Å². The Morgan fingerprint density at radius 3 is 2.32 bits per heavy atom. The van der Waals surface area contributed by atoms with Crippen molar-refractivity contribution in [3.05, 3.63) is 82.6 Å². The number of hydrogen-bond donors (Lipinski definition) is 1. The van der Waals surface area contributed by atoms with E-state index in [1.165, 1.54) is 4.90 Å². The van der Waals surface area contributed by atoms with Gasteiger partial charge in [0.2, 0.25) is 5.91 Å². The molecule has 0 unspecified atom stereocenters. The summed E-state index contributed by atoms with van der Waals surface area (Å²) in [7, 11) is 3.21. The number of nitrogens with zero attached hydrogens (tertiary/aromatic N) is 2. The summed E-state index contributed by atoms with van der Waals surface area (Å²) in [5.41, 5.74) is 1.68. The highest BCUT2D eigenvalue weighted by Crippen LogP contribution is 2.17. The molecule has 0 saturated carbocycles. The summed E-state index contributed by atoms with van der Waals surface area (Å²) in [5, 5.41) is 4.88. The van der Waals surface area contributed by atoms with Crippen molar-refractivity contribution in [1.82, 2.24) is 9.80 Å². The van der Waals surface area contributed by atoms with Gasteiger partial charge in [-0.15, -0.1) is 11.3 Å². The third-order valence-corrected chi connectivity index (χ3v) is 6.09. The lowest BCUT2D eigenvalue weighted by Gasteiger charge is -2.28. The van der Waals surface area contributed by atoms with Crippen LogP contribution < -0.4 is 10.1 Å². The first-order valence-corrected chi connectivity index (χ1v) is 12.0. The molecule has 3 rings (SSSR count). The fraction of sp³-hybridized carbons (Fsp3) is 0.308. The number of thiophene rings is 1.